The number of carbonyl (C=O) groups excluding carboxylic acids is 1. The predicted octanol–water partition coefficient (Wildman–Crippen LogP) is 1.69. The first-order valence-electron chi connectivity index (χ1n) is 10.6. The predicted molar refractivity (Wildman–Crippen MR) is 118 cm³/mol. The quantitative estimate of drug-likeness (QED) is 0.294. The number of likely N-dealkylation sites (tertiary alicyclic amines) is 1. The number of nitrogens with zero attached hydrogens (tertiary/aromatic N) is 3. The second-order valence-corrected chi connectivity index (χ2v) is 10.2. The number of amides is 1. The van der Waals surface area contributed by atoms with Crippen molar-refractivity contribution >= 4 is 27.3 Å². The zero-order valence-corrected chi connectivity index (χ0v) is 18.9. The van der Waals surface area contributed by atoms with Crippen molar-refractivity contribution in [2.45, 2.75) is 48.2 Å². The van der Waals surface area contributed by atoms with E-state index in [0.29, 0.717) is 18.9 Å². The van der Waals surface area contributed by atoms with E-state index >= 15 is 0 Å². The lowest BCUT2D eigenvalue weighted by Crippen LogP contribution is -2.50. The number of hydrogen-bond donors (Lipinski definition) is 3. The molecule has 34 heavy (non-hydrogen) atoms. The fourth-order valence-electron chi connectivity index (χ4n) is 4.02. The normalized spacial score (nSPS) is 24.7. The Labute approximate surface area is 195 Å². The van der Waals surface area contributed by atoms with E-state index < -0.39 is 26.1 Å². The van der Waals surface area contributed by atoms with Gasteiger partial charge in [-0.05, 0) is 63.0 Å². The van der Waals surface area contributed by atoms with Gasteiger partial charge >= 0.3 is 5.51 Å². The van der Waals surface area contributed by atoms with E-state index in [9.17, 15) is 31.6 Å². The summed E-state index contributed by atoms with van der Waals surface area (Å²) in [7, 11) is -5.49. The second-order valence-electron chi connectivity index (χ2n) is 8.23. The Hall–Kier alpha value is -3.11. The van der Waals surface area contributed by atoms with Crippen LogP contribution in [0.15, 0.2) is 45.9 Å². The number of halogens is 3. The first-order valence-corrected chi connectivity index (χ1v) is 12.1. The van der Waals surface area contributed by atoms with Gasteiger partial charge < -0.3 is 21.7 Å². The number of alkyl halides is 3. The van der Waals surface area contributed by atoms with Crippen LogP contribution in [0.2, 0.25) is 0 Å². The summed E-state index contributed by atoms with van der Waals surface area (Å²) in [5.74, 6) is -1.48. The van der Waals surface area contributed by atoms with E-state index in [2.05, 4.69) is 21.3 Å². The topological polar surface area (TPSA) is 155 Å². The lowest BCUT2D eigenvalue weighted by molar-refractivity contribution is -0.114. The zero-order valence-electron chi connectivity index (χ0n) is 18.1. The fourth-order valence-corrected chi connectivity index (χ4v) is 4.78. The molecule has 184 valence electrons. The largest absolute Gasteiger partial charge is 0.501 e. The van der Waals surface area contributed by atoms with Crippen LogP contribution in [0.5, 0.6) is 0 Å². The van der Waals surface area contributed by atoms with Crippen LogP contribution < -0.4 is 16.8 Å². The van der Waals surface area contributed by atoms with Gasteiger partial charge in [0.15, 0.2) is 0 Å². The molecule has 1 aliphatic heterocycles. The standard InChI is InChI=1S/C21H25F3N6O3S/c22-21(23,24)34(32,33)16-5-2-14(3-6-16)29-19(26)17(20(27)31)12-28-18-7-4-15(10-13(18)11-25)30-8-1-9-30/h2-3,5-6,12-13,15,18,28H,1,4,7-10H2,(H2,26,29)(H2,27,31)/b17-12+/t13-,15-,18+/m1/s1. The van der Waals surface area contributed by atoms with Gasteiger partial charge in [0.05, 0.1) is 28.1 Å². The molecular formula is C21H25F3N6O3S. The van der Waals surface area contributed by atoms with E-state index in [1.54, 1.807) is 0 Å². The number of sulfone groups is 1. The van der Waals surface area contributed by atoms with Crippen LogP contribution in [0, 0.1) is 17.2 Å². The lowest BCUT2D eigenvalue weighted by atomic mass is 9.81. The zero-order chi connectivity index (χ0) is 25.1. The molecule has 1 heterocycles. The summed E-state index contributed by atoms with van der Waals surface area (Å²) < 4.78 is 60.9. The van der Waals surface area contributed by atoms with Crippen LogP contribution in [0.3, 0.4) is 0 Å². The number of carbonyl (C=O) groups is 1. The molecule has 9 nitrogen and oxygen atoms in total. The molecule has 2 aliphatic rings. The average molecular weight is 499 g/mol. The number of hydrogen-bond acceptors (Lipinski definition) is 7. The van der Waals surface area contributed by atoms with Gasteiger partial charge in [0.25, 0.3) is 15.7 Å². The summed E-state index contributed by atoms with van der Waals surface area (Å²) in [5.41, 5.74) is 5.71. The lowest BCUT2D eigenvalue weighted by Gasteiger charge is -2.43. The first kappa shape index (κ1) is 25.5. The Morgan fingerprint density at radius 2 is 1.85 bits per heavy atom. The molecule has 1 aliphatic carbocycles. The molecule has 13 heteroatoms. The number of nitrogens with one attached hydrogen (secondary N) is 1. The van der Waals surface area contributed by atoms with Gasteiger partial charge in [0, 0.05) is 18.3 Å². The van der Waals surface area contributed by atoms with Crippen LogP contribution in [0.1, 0.15) is 25.7 Å². The van der Waals surface area contributed by atoms with E-state index in [1.807, 2.05) is 0 Å². The van der Waals surface area contributed by atoms with Crippen molar-refractivity contribution in [2.75, 3.05) is 13.1 Å². The minimum atomic E-state index is -5.49. The highest BCUT2D eigenvalue weighted by molar-refractivity contribution is 7.92. The summed E-state index contributed by atoms with van der Waals surface area (Å²) in [6, 6.07) is 6.01. The molecule has 3 atom stereocenters. The minimum absolute atomic E-state index is 0.0238. The van der Waals surface area contributed by atoms with Crippen molar-refractivity contribution in [3.05, 3.63) is 36.0 Å². The van der Waals surface area contributed by atoms with Crippen LogP contribution in [0.4, 0.5) is 18.9 Å². The van der Waals surface area contributed by atoms with Gasteiger partial charge in [-0.3, -0.25) is 4.79 Å². The van der Waals surface area contributed by atoms with E-state index in [4.69, 9.17) is 11.5 Å². The van der Waals surface area contributed by atoms with Crippen molar-refractivity contribution in [1.82, 2.24) is 10.2 Å². The van der Waals surface area contributed by atoms with Crippen molar-refractivity contribution < 1.29 is 26.4 Å². The molecule has 0 spiro atoms. The monoisotopic (exact) mass is 498 g/mol. The highest BCUT2D eigenvalue weighted by atomic mass is 32.2. The molecule has 1 aromatic carbocycles. The second kappa shape index (κ2) is 10.0. The van der Waals surface area contributed by atoms with Gasteiger partial charge in [-0.25, -0.2) is 13.4 Å². The Kier molecular flexibility index (Phi) is 7.52. The van der Waals surface area contributed by atoms with Gasteiger partial charge in [-0.2, -0.15) is 18.4 Å². The Balaban J connectivity index is 1.73. The van der Waals surface area contributed by atoms with E-state index in [0.717, 1.165) is 43.8 Å². The van der Waals surface area contributed by atoms with Crippen LogP contribution >= 0.6 is 0 Å². The highest BCUT2D eigenvalue weighted by Gasteiger charge is 2.46. The molecule has 0 radical (unpaired) electrons. The molecule has 2 fully saturated rings. The summed E-state index contributed by atoms with van der Waals surface area (Å²) >= 11 is 0. The average Bonchev–Trinajstić information content (AvgIpc) is 2.72. The maximum atomic E-state index is 12.7. The number of nitriles is 1. The third-order valence-electron chi connectivity index (χ3n) is 6.08. The van der Waals surface area contributed by atoms with Gasteiger partial charge in [0.2, 0.25) is 0 Å². The Bertz CT molecular complexity index is 1120. The molecule has 1 saturated carbocycles. The maximum Gasteiger partial charge on any atom is 0.501 e. The third-order valence-corrected chi connectivity index (χ3v) is 7.58. The molecule has 0 unspecified atom stereocenters. The van der Waals surface area contributed by atoms with Crippen LogP contribution in [0.25, 0.3) is 0 Å². The number of benzene rings is 1. The molecule has 0 bridgehead atoms. The third kappa shape index (κ3) is 5.51. The van der Waals surface area contributed by atoms with Crippen molar-refractivity contribution in [3.8, 4) is 6.07 Å². The molecule has 1 aromatic rings. The number of aliphatic imine (C=N–C) groups is 1. The van der Waals surface area contributed by atoms with E-state index in [1.165, 1.54) is 12.6 Å². The Morgan fingerprint density at radius 3 is 2.35 bits per heavy atom. The smallest absolute Gasteiger partial charge is 0.386 e. The SMILES string of the molecule is N#C[C@H]1C[C@H](N2CCC2)CC[C@@H]1N/C=C(/C(N)=O)C(N)=Nc1ccc(S(=O)(=O)C(F)(F)F)cc1. The van der Waals surface area contributed by atoms with Crippen molar-refractivity contribution in [1.29, 1.82) is 5.26 Å². The van der Waals surface area contributed by atoms with Gasteiger partial charge in [-0.15, -0.1) is 0 Å². The molecule has 1 saturated heterocycles. The number of nitrogens with two attached hydrogens (primary N) is 2. The minimum Gasteiger partial charge on any atom is -0.386 e. The summed E-state index contributed by atoms with van der Waals surface area (Å²) in [5, 5.41) is 12.6. The highest BCUT2D eigenvalue weighted by Crippen LogP contribution is 2.32. The van der Waals surface area contributed by atoms with Gasteiger partial charge in [0.1, 0.15) is 5.84 Å². The van der Waals surface area contributed by atoms with Crippen LogP contribution in [-0.2, 0) is 14.6 Å². The summed E-state index contributed by atoms with van der Waals surface area (Å²) in [4.78, 5) is 17.3. The number of primary amides is 1. The maximum absolute atomic E-state index is 12.7. The molecule has 3 rings (SSSR count). The molecular weight excluding hydrogens is 473 g/mol. The summed E-state index contributed by atoms with van der Waals surface area (Å²) in [6.45, 7) is 2.09. The number of rotatable bonds is 7. The molecule has 5 N–H and O–H groups in total. The van der Waals surface area contributed by atoms with Crippen molar-refractivity contribution in [2.24, 2.45) is 22.4 Å². The summed E-state index contributed by atoms with van der Waals surface area (Å²) in [6.07, 6.45) is 4.80. The molecule has 0 aromatic heterocycles. The first-order chi connectivity index (χ1) is 15.9. The van der Waals surface area contributed by atoms with E-state index in [-0.39, 0.29) is 29.1 Å². The number of amidine groups is 1. The van der Waals surface area contributed by atoms with Crippen LogP contribution in [-0.4, -0.2) is 55.7 Å². The van der Waals surface area contributed by atoms with Crippen molar-refractivity contribution in [3.63, 3.8) is 0 Å². The Morgan fingerprint density at radius 1 is 1.21 bits per heavy atom. The molecule has 1 amide bonds. The van der Waals surface area contributed by atoms with Gasteiger partial charge in [-0.1, -0.05) is 0 Å². The fraction of sp³-hybridized carbons (Fsp3) is 0.476.